The molecule has 0 saturated heterocycles. The molecule has 138 valence electrons. The van der Waals surface area contributed by atoms with Crippen LogP contribution in [-0.2, 0) is 11.5 Å². The van der Waals surface area contributed by atoms with Crippen molar-refractivity contribution in [2.45, 2.75) is 43.6 Å². The molecule has 1 aliphatic rings. The topological polar surface area (TPSA) is 42.2 Å². The summed E-state index contributed by atoms with van der Waals surface area (Å²) < 4.78 is 5.68. The molecule has 0 radical (unpaired) electrons. The maximum atomic E-state index is 12.2. The van der Waals surface area contributed by atoms with Gasteiger partial charge in [0.05, 0.1) is 5.75 Å². The molecule has 1 amide bonds. The van der Waals surface area contributed by atoms with Gasteiger partial charge in [-0.1, -0.05) is 35.4 Å². The maximum absolute atomic E-state index is 12.2. The van der Waals surface area contributed by atoms with Crippen LogP contribution in [0.3, 0.4) is 0 Å². The van der Waals surface area contributed by atoms with Crippen LogP contribution in [0, 0.1) is 0 Å². The molecule has 5 heteroatoms. The summed E-state index contributed by atoms with van der Waals surface area (Å²) >= 11 is 7.73. The van der Waals surface area contributed by atoms with Crippen LogP contribution in [0.4, 0.5) is 0 Å². The number of halogens is 1. The minimum atomic E-state index is -0.132. The van der Waals surface area contributed by atoms with Crippen LogP contribution in [0.1, 0.15) is 54.0 Å². The Balaban J connectivity index is 1.40. The number of carbonyl (C=O) groups is 1. The van der Waals surface area contributed by atoms with E-state index in [0.717, 1.165) is 28.7 Å². The number of amides is 1. The highest BCUT2D eigenvalue weighted by molar-refractivity contribution is 7.97. The summed E-state index contributed by atoms with van der Waals surface area (Å²) in [6.07, 6.45) is 8.17. The summed E-state index contributed by atoms with van der Waals surface area (Å²) in [6, 6.07) is 11.5. The van der Waals surface area contributed by atoms with Gasteiger partial charge in [0.25, 0.3) is 5.91 Å². The van der Waals surface area contributed by atoms with Crippen molar-refractivity contribution < 1.29 is 9.21 Å². The third-order valence-corrected chi connectivity index (χ3v) is 5.67. The van der Waals surface area contributed by atoms with Gasteiger partial charge in [0.15, 0.2) is 5.76 Å². The molecule has 1 aromatic heterocycles. The number of hydrogen-bond donors (Lipinski definition) is 1. The van der Waals surface area contributed by atoms with Crippen molar-refractivity contribution in [3.05, 3.63) is 70.2 Å². The number of benzene rings is 1. The van der Waals surface area contributed by atoms with Gasteiger partial charge in [-0.2, -0.15) is 0 Å². The predicted molar refractivity (Wildman–Crippen MR) is 109 cm³/mol. The van der Waals surface area contributed by atoms with Crippen LogP contribution < -0.4 is 5.32 Å². The second-order valence-electron chi connectivity index (χ2n) is 6.50. The standard InChI is InChI=1S/C21H24ClNO2S/c22-18-8-4-7-17(13-18)14-26-15-19-9-10-20(25-19)21(24)23-12-11-16-5-2-1-3-6-16/h4-5,7-10,13H,1-3,6,11-12,14-15H2,(H,23,24). The third-order valence-electron chi connectivity index (χ3n) is 4.40. The van der Waals surface area contributed by atoms with Gasteiger partial charge < -0.3 is 9.73 Å². The van der Waals surface area contributed by atoms with E-state index in [4.69, 9.17) is 16.0 Å². The highest BCUT2D eigenvalue weighted by Crippen LogP contribution is 2.22. The molecule has 1 N–H and O–H groups in total. The summed E-state index contributed by atoms with van der Waals surface area (Å²) in [6.45, 7) is 0.671. The van der Waals surface area contributed by atoms with Crippen molar-refractivity contribution >= 4 is 29.3 Å². The van der Waals surface area contributed by atoms with Crippen molar-refractivity contribution in [1.82, 2.24) is 5.32 Å². The lowest BCUT2D eigenvalue weighted by atomic mass is 9.97. The monoisotopic (exact) mass is 389 g/mol. The number of hydrogen-bond acceptors (Lipinski definition) is 3. The van der Waals surface area contributed by atoms with Crippen LogP contribution in [0.15, 0.2) is 52.5 Å². The zero-order valence-corrected chi connectivity index (χ0v) is 16.4. The SMILES string of the molecule is O=C(NCCC1=CCCCC1)c1ccc(CSCc2cccc(Cl)c2)o1. The third kappa shape index (κ3) is 5.96. The molecule has 3 nitrogen and oxygen atoms in total. The fraction of sp³-hybridized carbons (Fsp3) is 0.381. The van der Waals surface area contributed by atoms with Crippen LogP contribution >= 0.6 is 23.4 Å². The zero-order valence-electron chi connectivity index (χ0n) is 14.8. The molecule has 0 saturated carbocycles. The molecule has 0 unspecified atom stereocenters. The van der Waals surface area contributed by atoms with Crippen molar-refractivity contribution in [2.75, 3.05) is 6.54 Å². The normalized spacial score (nSPS) is 14.1. The average molecular weight is 390 g/mol. The van der Waals surface area contributed by atoms with E-state index in [-0.39, 0.29) is 5.91 Å². The lowest BCUT2D eigenvalue weighted by Gasteiger charge is -2.12. The van der Waals surface area contributed by atoms with Crippen molar-refractivity contribution in [3.8, 4) is 0 Å². The van der Waals surface area contributed by atoms with E-state index in [9.17, 15) is 4.79 Å². The molecule has 1 heterocycles. The van der Waals surface area contributed by atoms with Crippen LogP contribution in [-0.4, -0.2) is 12.5 Å². The first kappa shape index (κ1) is 19.1. The molecule has 0 fully saturated rings. The lowest BCUT2D eigenvalue weighted by molar-refractivity contribution is 0.0925. The highest BCUT2D eigenvalue weighted by Gasteiger charge is 2.11. The predicted octanol–water partition coefficient (Wildman–Crippen LogP) is 5.99. The molecule has 3 rings (SSSR count). The Hall–Kier alpha value is -1.65. The Morgan fingerprint density at radius 1 is 1.19 bits per heavy atom. The minimum Gasteiger partial charge on any atom is -0.455 e. The number of nitrogens with one attached hydrogen (secondary N) is 1. The van der Waals surface area contributed by atoms with Gasteiger partial charge in [0.2, 0.25) is 0 Å². The van der Waals surface area contributed by atoms with E-state index in [0.29, 0.717) is 12.3 Å². The van der Waals surface area contributed by atoms with E-state index < -0.39 is 0 Å². The first-order valence-electron chi connectivity index (χ1n) is 9.08. The maximum Gasteiger partial charge on any atom is 0.287 e. The number of carbonyl (C=O) groups excluding carboxylic acids is 1. The van der Waals surface area contributed by atoms with Gasteiger partial charge in [0.1, 0.15) is 5.76 Å². The molecule has 1 aromatic carbocycles. The average Bonchev–Trinajstić information content (AvgIpc) is 3.12. The van der Waals surface area contributed by atoms with Gasteiger partial charge in [-0.05, 0) is 61.9 Å². The highest BCUT2D eigenvalue weighted by atomic mass is 35.5. The lowest BCUT2D eigenvalue weighted by Crippen LogP contribution is -2.24. The van der Waals surface area contributed by atoms with Gasteiger partial charge >= 0.3 is 0 Å². The first-order chi connectivity index (χ1) is 12.7. The number of rotatable bonds is 8. The van der Waals surface area contributed by atoms with Crippen molar-refractivity contribution in [1.29, 1.82) is 0 Å². The first-order valence-corrected chi connectivity index (χ1v) is 10.6. The Bertz CT molecular complexity index is 769. The van der Waals surface area contributed by atoms with E-state index >= 15 is 0 Å². The molecule has 0 bridgehead atoms. The van der Waals surface area contributed by atoms with Gasteiger partial charge in [-0.25, -0.2) is 0 Å². The molecule has 0 atom stereocenters. The molecule has 26 heavy (non-hydrogen) atoms. The Kier molecular flexibility index (Phi) is 7.27. The molecule has 0 aliphatic heterocycles. The van der Waals surface area contributed by atoms with E-state index in [2.05, 4.69) is 17.5 Å². The molecular weight excluding hydrogens is 366 g/mol. The molecule has 1 aliphatic carbocycles. The van der Waals surface area contributed by atoms with Gasteiger partial charge in [-0.15, -0.1) is 11.8 Å². The second kappa shape index (κ2) is 9.89. The number of thioether (sulfide) groups is 1. The fourth-order valence-electron chi connectivity index (χ4n) is 3.03. The van der Waals surface area contributed by atoms with Gasteiger partial charge in [-0.3, -0.25) is 4.79 Å². The van der Waals surface area contributed by atoms with Gasteiger partial charge in [0, 0.05) is 17.3 Å². The second-order valence-corrected chi connectivity index (χ2v) is 7.92. The summed E-state index contributed by atoms with van der Waals surface area (Å²) in [5.74, 6) is 2.66. The number of allylic oxidation sites excluding steroid dienone is 1. The van der Waals surface area contributed by atoms with E-state index in [1.807, 2.05) is 24.3 Å². The summed E-state index contributed by atoms with van der Waals surface area (Å²) in [5, 5.41) is 3.71. The minimum absolute atomic E-state index is 0.132. The summed E-state index contributed by atoms with van der Waals surface area (Å²) in [4.78, 5) is 12.2. The van der Waals surface area contributed by atoms with E-state index in [1.54, 1.807) is 17.8 Å². The van der Waals surface area contributed by atoms with Crippen LogP contribution in [0.2, 0.25) is 5.02 Å². The fourth-order valence-corrected chi connectivity index (χ4v) is 4.12. The van der Waals surface area contributed by atoms with Crippen LogP contribution in [0.5, 0.6) is 0 Å². The quantitative estimate of drug-likeness (QED) is 0.564. The molecular formula is C21H24ClNO2S. The molecule has 0 spiro atoms. The van der Waals surface area contributed by atoms with Crippen LogP contribution in [0.25, 0.3) is 0 Å². The summed E-state index contributed by atoms with van der Waals surface area (Å²) in [7, 11) is 0. The largest absolute Gasteiger partial charge is 0.455 e. The Labute approximate surface area is 164 Å². The van der Waals surface area contributed by atoms with Crippen molar-refractivity contribution in [3.63, 3.8) is 0 Å². The smallest absolute Gasteiger partial charge is 0.287 e. The van der Waals surface area contributed by atoms with E-state index in [1.165, 1.54) is 36.8 Å². The summed E-state index contributed by atoms with van der Waals surface area (Å²) in [5.41, 5.74) is 2.65. The number of furan rings is 1. The zero-order chi connectivity index (χ0) is 18.2. The van der Waals surface area contributed by atoms with Crippen molar-refractivity contribution in [2.24, 2.45) is 0 Å². The Morgan fingerprint density at radius 3 is 2.92 bits per heavy atom. The Morgan fingerprint density at radius 2 is 2.12 bits per heavy atom. The molecule has 2 aromatic rings.